The molecule has 2 unspecified atom stereocenters. The largest absolute Gasteiger partial charge is 0.376 e. The van der Waals surface area contributed by atoms with E-state index in [1.807, 2.05) is 13.8 Å². The summed E-state index contributed by atoms with van der Waals surface area (Å²) in [7, 11) is 0. The topological polar surface area (TPSA) is 53.3 Å². The van der Waals surface area contributed by atoms with Gasteiger partial charge in [-0.25, -0.2) is 0 Å². The van der Waals surface area contributed by atoms with Crippen molar-refractivity contribution < 1.29 is 9.53 Å². The monoisotopic (exact) mass is 224 g/mol. The van der Waals surface area contributed by atoms with Crippen LogP contribution in [-0.2, 0) is 9.53 Å². The zero-order chi connectivity index (χ0) is 12.0. The third-order valence-corrected chi connectivity index (χ3v) is 3.00. The standard InChI is InChI=1S/C12H20N2O2/c1-3-10(8-13)12(15)14(4-2)9-11-6-5-7-16-11/h10-11H,3-7,9H2,1-2H3. The highest BCUT2D eigenvalue weighted by atomic mass is 16.5. The molecule has 1 fully saturated rings. The molecule has 4 nitrogen and oxygen atoms in total. The van der Waals surface area contributed by atoms with E-state index in [0.29, 0.717) is 19.5 Å². The van der Waals surface area contributed by atoms with E-state index >= 15 is 0 Å². The molecule has 0 aliphatic carbocycles. The summed E-state index contributed by atoms with van der Waals surface area (Å²) in [6, 6.07) is 2.06. The number of ether oxygens (including phenoxy) is 1. The van der Waals surface area contributed by atoms with E-state index in [1.54, 1.807) is 4.90 Å². The molecule has 2 atom stereocenters. The van der Waals surface area contributed by atoms with Crippen molar-refractivity contribution in [3.8, 4) is 6.07 Å². The molecular weight excluding hydrogens is 204 g/mol. The third kappa shape index (κ3) is 3.21. The smallest absolute Gasteiger partial charge is 0.239 e. The quantitative estimate of drug-likeness (QED) is 0.712. The van der Waals surface area contributed by atoms with Gasteiger partial charge < -0.3 is 9.64 Å². The Morgan fingerprint density at radius 2 is 2.38 bits per heavy atom. The van der Waals surface area contributed by atoms with Gasteiger partial charge in [0, 0.05) is 19.7 Å². The highest BCUT2D eigenvalue weighted by Gasteiger charge is 2.25. The normalized spacial score (nSPS) is 21.4. The van der Waals surface area contributed by atoms with E-state index in [1.165, 1.54) is 0 Å². The van der Waals surface area contributed by atoms with E-state index in [9.17, 15) is 4.79 Å². The lowest BCUT2D eigenvalue weighted by atomic mass is 10.1. The summed E-state index contributed by atoms with van der Waals surface area (Å²) in [6.45, 7) is 5.89. The molecular formula is C12H20N2O2. The van der Waals surface area contributed by atoms with Gasteiger partial charge in [0.15, 0.2) is 0 Å². The molecule has 1 rings (SSSR count). The van der Waals surface area contributed by atoms with Crippen molar-refractivity contribution in [3.05, 3.63) is 0 Å². The van der Waals surface area contributed by atoms with Crippen molar-refractivity contribution in [1.82, 2.24) is 4.90 Å². The summed E-state index contributed by atoms with van der Waals surface area (Å²) in [4.78, 5) is 13.7. The fraction of sp³-hybridized carbons (Fsp3) is 0.833. The van der Waals surface area contributed by atoms with E-state index in [0.717, 1.165) is 19.4 Å². The first kappa shape index (κ1) is 13.0. The molecule has 0 aromatic carbocycles. The predicted octanol–water partition coefficient (Wildman–Crippen LogP) is 1.56. The molecule has 1 amide bonds. The van der Waals surface area contributed by atoms with Gasteiger partial charge >= 0.3 is 0 Å². The first-order chi connectivity index (χ1) is 7.72. The van der Waals surface area contributed by atoms with Gasteiger partial charge in [0.05, 0.1) is 12.2 Å². The molecule has 0 bridgehead atoms. The minimum Gasteiger partial charge on any atom is -0.376 e. The van der Waals surface area contributed by atoms with Crippen LogP contribution < -0.4 is 0 Å². The number of nitriles is 1. The molecule has 4 heteroatoms. The van der Waals surface area contributed by atoms with Gasteiger partial charge in [-0.15, -0.1) is 0 Å². The molecule has 0 N–H and O–H groups in total. The average molecular weight is 224 g/mol. The van der Waals surface area contributed by atoms with Gasteiger partial charge in [0.25, 0.3) is 0 Å². The highest BCUT2D eigenvalue weighted by Crippen LogP contribution is 2.15. The van der Waals surface area contributed by atoms with Crippen molar-refractivity contribution in [2.75, 3.05) is 19.7 Å². The van der Waals surface area contributed by atoms with Crippen LogP contribution in [0, 0.1) is 17.2 Å². The Kier molecular flexibility index (Phi) is 5.27. The number of carbonyl (C=O) groups excluding carboxylic acids is 1. The van der Waals surface area contributed by atoms with Crippen LogP contribution in [0.25, 0.3) is 0 Å². The Hall–Kier alpha value is -1.08. The summed E-state index contributed by atoms with van der Waals surface area (Å²) in [5, 5.41) is 8.87. The first-order valence-corrected chi connectivity index (χ1v) is 6.02. The summed E-state index contributed by atoms with van der Waals surface area (Å²) in [6.07, 6.45) is 2.84. The van der Waals surface area contributed by atoms with Crippen LogP contribution in [0.4, 0.5) is 0 Å². The van der Waals surface area contributed by atoms with Gasteiger partial charge in [-0.3, -0.25) is 4.79 Å². The SMILES string of the molecule is CCC(C#N)C(=O)N(CC)CC1CCCO1. The number of hydrogen-bond acceptors (Lipinski definition) is 3. The number of rotatable bonds is 5. The van der Waals surface area contributed by atoms with E-state index in [2.05, 4.69) is 6.07 Å². The first-order valence-electron chi connectivity index (χ1n) is 6.02. The van der Waals surface area contributed by atoms with Crippen LogP contribution in [-0.4, -0.2) is 36.6 Å². The Labute approximate surface area is 97.2 Å². The molecule has 1 saturated heterocycles. The highest BCUT2D eigenvalue weighted by molar-refractivity contribution is 5.81. The van der Waals surface area contributed by atoms with Gasteiger partial charge in [-0.05, 0) is 26.2 Å². The molecule has 1 heterocycles. The number of amides is 1. The lowest BCUT2D eigenvalue weighted by molar-refractivity contribution is -0.135. The summed E-state index contributed by atoms with van der Waals surface area (Å²) in [5.41, 5.74) is 0. The fourth-order valence-electron chi connectivity index (χ4n) is 1.95. The number of nitrogens with zero attached hydrogens (tertiary/aromatic N) is 2. The number of hydrogen-bond donors (Lipinski definition) is 0. The molecule has 0 aromatic heterocycles. The van der Waals surface area contributed by atoms with Gasteiger partial charge in [0.1, 0.15) is 5.92 Å². The van der Waals surface area contributed by atoms with Crippen molar-refractivity contribution in [2.45, 2.75) is 39.2 Å². The van der Waals surface area contributed by atoms with Crippen LogP contribution in [0.2, 0.25) is 0 Å². The molecule has 0 spiro atoms. The Morgan fingerprint density at radius 1 is 1.62 bits per heavy atom. The van der Waals surface area contributed by atoms with E-state index in [-0.39, 0.29) is 12.0 Å². The van der Waals surface area contributed by atoms with Crippen LogP contribution in [0.3, 0.4) is 0 Å². The third-order valence-electron chi connectivity index (χ3n) is 3.00. The van der Waals surface area contributed by atoms with Crippen molar-refractivity contribution >= 4 is 5.91 Å². The van der Waals surface area contributed by atoms with Crippen LogP contribution >= 0.6 is 0 Å². The van der Waals surface area contributed by atoms with Crippen molar-refractivity contribution in [2.24, 2.45) is 5.92 Å². The zero-order valence-corrected chi connectivity index (χ0v) is 10.1. The fourth-order valence-corrected chi connectivity index (χ4v) is 1.95. The van der Waals surface area contributed by atoms with Crippen molar-refractivity contribution in [1.29, 1.82) is 5.26 Å². The van der Waals surface area contributed by atoms with E-state index in [4.69, 9.17) is 10.00 Å². The lowest BCUT2D eigenvalue weighted by Gasteiger charge is -2.25. The van der Waals surface area contributed by atoms with Crippen LogP contribution in [0.1, 0.15) is 33.1 Å². The maximum absolute atomic E-state index is 12.0. The molecule has 1 aliphatic rings. The molecule has 1 aliphatic heterocycles. The maximum Gasteiger partial charge on any atom is 0.239 e. The second-order valence-electron chi connectivity index (χ2n) is 4.10. The lowest BCUT2D eigenvalue weighted by Crippen LogP contribution is -2.40. The van der Waals surface area contributed by atoms with E-state index < -0.39 is 5.92 Å². The van der Waals surface area contributed by atoms with Crippen molar-refractivity contribution in [3.63, 3.8) is 0 Å². The van der Waals surface area contributed by atoms with Crippen LogP contribution in [0.15, 0.2) is 0 Å². The van der Waals surface area contributed by atoms with Gasteiger partial charge in [-0.1, -0.05) is 6.92 Å². The zero-order valence-electron chi connectivity index (χ0n) is 10.1. The predicted molar refractivity (Wildman–Crippen MR) is 60.6 cm³/mol. The second kappa shape index (κ2) is 6.49. The summed E-state index contributed by atoms with van der Waals surface area (Å²) in [5.74, 6) is -0.552. The average Bonchev–Trinajstić information content (AvgIpc) is 2.80. The minimum atomic E-state index is -0.499. The maximum atomic E-state index is 12.0. The molecule has 90 valence electrons. The van der Waals surface area contributed by atoms with Gasteiger partial charge in [-0.2, -0.15) is 5.26 Å². The Morgan fingerprint density at radius 3 is 2.81 bits per heavy atom. The second-order valence-corrected chi connectivity index (χ2v) is 4.10. The summed E-state index contributed by atoms with van der Waals surface area (Å²) >= 11 is 0. The molecule has 16 heavy (non-hydrogen) atoms. The molecule has 0 aromatic rings. The van der Waals surface area contributed by atoms with Gasteiger partial charge in [0.2, 0.25) is 5.91 Å². The molecule has 0 saturated carbocycles. The number of likely N-dealkylation sites (N-methyl/N-ethyl adjacent to an activating group) is 1. The molecule has 0 radical (unpaired) electrons. The Balaban J connectivity index is 2.52. The Bertz CT molecular complexity index is 267. The summed E-state index contributed by atoms with van der Waals surface area (Å²) < 4.78 is 5.51. The van der Waals surface area contributed by atoms with Crippen LogP contribution in [0.5, 0.6) is 0 Å². The number of carbonyl (C=O) groups is 1. The minimum absolute atomic E-state index is 0.0528.